The first-order chi connectivity index (χ1) is 17.1. The molecule has 4 aromatic rings. The van der Waals surface area contributed by atoms with Crippen molar-refractivity contribution < 1.29 is 13.9 Å². The number of carbonyl (C=O) groups excluding carboxylic acids is 1. The summed E-state index contributed by atoms with van der Waals surface area (Å²) in [5.41, 5.74) is 8.18. The normalized spacial score (nSPS) is 18.3. The third kappa shape index (κ3) is 2.82. The number of fused-ring (bicyclic) bond motifs is 4. The Morgan fingerprint density at radius 3 is 2.63 bits per heavy atom. The lowest BCUT2D eigenvalue weighted by atomic mass is 9.68. The van der Waals surface area contributed by atoms with Gasteiger partial charge in [0.15, 0.2) is 0 Å². The Morgan fingerprint density at radius 2 is 1.86 bits per heavy atom. The van der Waals surface area contributed by atoms with E-state index in [9.17, 15) is 14.4 Å². The average molecular weight is 463 g/mol. The zero-order valence-corrected chi connectivity index (χ0v) is 18.3. The summed E-state index contributed by atoms with van der Waals surface area (Å²) in [6.07, 6.45) is 0. The van der Waals surface area contributed by atoms with E-state index in [1.54, 1.807) is 23.1 Å². The molecule has 35 heavy (non-hydrogen) atoms. The van der Waals surface area contributed by atoms with Gasteiger partial charge in [-0.15, -0.1) is 5.10 Å². The van der Waals surface area contributed by atoms with Crippen LogP contribution in [0.3, 0.4) is 0 Å². The number of para-hydroxylation sites is 1. The van der Waals surface area contributed by atoms with Crippen LogP contribution in [0.15, 0.2) is 90.3 Å². The Hall–Kier alpha value is -4.90. The van der Waals surface area contributed by atoms with E-state index in [0.717, 1.165) is 5.56 Å². The molecule has 1 aromatic heterocycles. The summed E-state index contributed by atoms with van der Waals surface area (Å²) in [5, 5.41) is 17.5. The van der Waals surface area contributed by atoms with E-state index in [1.165, 1.54) is 12.1 Å². The molecule has 170 valence electrons. The van der Waals surface area contributed by atoms with Crippen molar-refractivity contribution in [1.82, 2.24) is 10.2 Å². The molecule has 2 aliphatic heterocycles. The van der Waals surface area contributed by atoms with Gasteiger partial charge in [0, 0.05) is 16.8 Å². The Morgan fingerprint density at radius 1 is 1.09 bits per heavy atom. The Bertz CT molecular complexity index is 1570. The highest BCUT2D eigenvalue weighted by Gasteiger charge is 2.61. The van der Waals surface area contributed by atoms with Crippen LogP contribution in [0.1, 0.15) is 16.7 Å². The molecule has 0 saturated heterocycles. The predicted molar refractivity (Wildman–Crippen MR) is 126 cm³/mol. The van der Waals surface area contributed by atoms with Crippen LogP contribution in [0.5, 0.6) is 5.88 Å². The number of benzene rings is 3. The standard InChI is InChI=1S/C27H18FN5O2/c28-18-10-6-7-16(13-18)15-33-21-12-5-4-11-19(21)27(26(33)34)20(14-29)24(30)35-25-22(27)23(31-32-25)17-8-2-1-3-9-17/h1-13H,15,30H2,(H,31,32)/t27-/m1/s1. The summed E-state index contributed by atoms with van der Waals surface area (Å²) in [7, 11) is 0. The zero-order valence-electron chi connectivity index (χ0n) is 18.3. The monoisotopic (exact) mass is 463 g/mol. The van der Waals surface area contributed by atoms with Gasteiger partial charge in [-0.1, -0.05) is 60.7 Å². The van der Waals surface area contributed by atoms with E-state index in [-0.39, 0.29) is 29.8 Å². The van der Waals surface area contributed by atoms with Gasteiger partial charge >= 0.3 is 0 Å². The van der Waals surface area contributed by atoms with E-state index in [2.05, 4.69) is 16.3 Å². The Balaban J connectivity index is 1.64. The molecule has 2 aliphatic rings. The van der Waals surface area contributed by atoms with Crippen LogP contribution < -0.4 is 15.4 Å². The second-order valence-electron chi connectivity index (χ2n) is 8.39. The molecule has 8 heteroatoms. The molecule has 7 nitrogen and oxygen atoms in total. The first kappa shape index (κ1) is 20.7. The Labute approximate surface area is 199 Å². The molecule has 0 radical (unpaired) electrons. The number of aromatic amines is 1. The summed E-state index contributed by atoms with van der Waals surface area (Å²) in [5.74, 6) is -0.822. The van der Waals surface area contributed by atoms with Crippen LogP contribution in [0, 0.1) is 17.1 Å². The predicted octanol–water partition coefficient (Wildman–Crippen LogP) is 4.13. The van der Waals surface area contributed by atoms with Gasteiger partial charge in [-0.3, -0.25) is 9.89 Å². The number of ether oxygens (including phenoxy) is 1. The number of nitrogens with two attached hydrogens (primary N) is 1. The van der Waals surface area contributed by atoms with Crippen molar-refractivity contribution in [3.8, 4) is 23.2 Å². The molecule has 6 rings (SSSR count). The van der Waals surface area contributed by atoms with Crippen molar-refractivity contribution >= 4 is 11.6 Å². The van der Waals surface area contributed by atoms with Crippen LogP contribution in [-0.2, 0) is 16.8 Å². The fourth-order valence-corrected chi connectivity index (χ4v) is 5.08. The lowest BCUT2D eigenvalue weighted by molar-refractivity contribution is -0.121. The largest absolute Gasteiger partial charge is 0.420 e. The van der Waals surface area contributed by atoms with Crippen LogP contribution in [0.2, 0.25) is 0 Å². The van der Waals surface area contributed by atoms with Crippen LogP contribution in [0.25, 0.3) is 11.3 Å². The fourth-order valence-electron chi connectivity index (χ4n) is 5.08. The summed E-state index contributed by atoms with van der Waals surface area (Å²) < 4.78 is 19.7. The first-order valence-electron chi connectivity index (χ1n) is 10.9. The number of anilines is 1. The van der Waals surface area contributed by atoms with Crippen molar-refractivity contribution in [3.63, 3.8) is 0 Å². The minimum Gasteiger partial charge on any atom is -0.420 e. The molecule has 0 unspecified atom stereocenters. The van der Waals surface area contributed by atoms with Crippen molar-refractivity contribution in [2.24, 2.45) is 5.73 Å². The smallest absolute Gasteiger partial charge is 0.248 e. The highest BCUT2D eigenvalue weighted by atomic mass is 19.1. The maximum atomic E-state index is 14.5. The SMILES string of the molecule is N#CC1=C(N)Oc2n[nH]c(-c3ccccc3)c2[C@]12C(=O)N(Cc1cccc(F)c1)c1ccccc12. The fraction of sp³-hybridized carbons (Fsp3) is 0.0741. The highest BCUT2D eigenvalue weighted by Crippen LogP contribution is 2.57. The van der Waals surface area contributed by atoms with Gasteiger partial charge in [-0.25, -0.2) is 4.39 Å². The molecule has 3 aromatic carbocycles. The lowest BCUT2D eigenvalue weighted by Gasteiger charge is -2.32. The van der Waals surface area contributed by atoms with Gasteiger partial charge in [-0.2, -0.15) is 5.26 Å². The second-order valence-corrected chi connectivity index (χ2v) is 8.39. The summed E-state index contributed by atoms with van der Waals surface area (Å²) in [6.45, 7) is 0.114. The minimum atomic E-state index is -1.57. The number of halogens is 1. The zero-order chi connectivity index (χ0) is 24.2. The van der Waals surface area contributed by atoms with E-state index in [4.69, 9.17) is 10.5 Å². The molecule has 0 bridgehead atoms. The van der Waals surface area contributed by atoms with Crippen LogP contribution in [0.4, 0.5) is 10.1 Å². The average Bonchev–Trinajstić information content (AvgIpc) is 3.39. The number of H-pyrrole nitrogens is 1. The van der Waals surface area contributed by atoms with Gasteiger partial charge in [0.05, 0.1) is 17.8 Å². The van der Waals surface area contributed by atoms with Gasteiger partial charge < -0.3 is 15.4 Å². The van der Waals surface area contributed by atoms with Gasteiger partial charge in [-0.05, 0) is 23.8 Å². The number of hydrogen-bond acceptors (Lipinski definition) is 5. The number of aromatic nitrogens is 2. The Kier molecular flexibility index (Phi) is 4.47. The summed E-state index contributed by atoms with van der Waals surface area (Å²) in [6, 6.07) is 24.9. The molecular formula is C27H18FN5O2. The maximum Gasteiger partial charge on any atom is 0.248 e. The maximum absolute atomic E-state index is 14.5. The number of hydrogen-bond donors (Lipinski definition) is 2. The van der Waals surface area contributed by atoms with Gasteiger partial charge in [0.2, 0.25) is 17.7 Å². The summed E-state index contributed by atoms with van der Waals surface area (Å²) in [4.78, 5) is 16.0. The van der Waals surface area contributed by atoms with Crippen LogP contribution >= 0.6 is 0 Å². The third-order valence-electron chi connectivity index (χ3n) is 6.50. The first-order valence-corrected chi connectivity index (χ1v) is 10.9. The molecule has 0 aliphatic carbocycles. The van der Waals surface area contributed by atoms with Crippen molar-refractivity contribution in [2.45, 2.75) is 12.0 Å². The van der Waals surface area contributed by atoms with E-state index < -0.39 is 11.2 Å². The molecule has 3 heterocycles. The molecule has 1 spiro atoms. The number of nitrogens with zero attached hydrogens (tertiary/aromatic N) is 3. The minimum absolute atomic E-state index is 0.0113. The number of rotatable bonds is 3. The van der Waals surface area contributed by atoms with Crippen molar-refractivity contribution in [1.29, 1.82) is 5.26 Å². The van der Waals surface area contributed by atoms with Gasteiger partial charge in [0.25, 0.3) is 0 Å². The van der Waals surface area contributed by atoms with Crippen molar-refractivity contribution in [3.05, 3.63) is 113 Å². The van der Waals surface area contributed by atoms with Crippen LogP contribution in [-0.4, -0.2) is 16.1 Å². The number of carbonyl (C=O) groups is 1. The van der Waals surface area contributed by atoms with Crippen molar-refractivity contribution in [2.75, 3.05) is 4.90 Å². The van der Waals surface area contributed by atoms with Gasteiger partial charge in [0.1, 0.15) is 22.9 Å². The topological polar surface area (TPSA) is 108 Å². The number of nitriles is 1. The summed E-state index contributed by atoms with van der Waals surface area (Å²) >= 11 is 0. The quantitative estimate of drug-likeness (QED) is 0.475. The van der Waals surface area contributed by atoms with E-state index in [0.29, 0.717) is 28.1 Å². The number of nitrogens with one attached hydrogen (secondary N) is 1. The third-order valence-corrected chi connectivity index (χ3v) is 6.50. The molecule has 1 atom stereocenters. The highest BCUT2D eigenvalue weighted by molar-refractivity contribution is 6.15. The molecule has 3 N–H and O–H groups in total. The van der Waals surface area contributed by atoms with E-state index >= 15 is 0 Å². The van der Waals surface area contributed by atoms with E-state index in [1.807, 2.05) is 48.5 Å². The molecule has 1 amide bonds. The second kappa shape index (κ2) is 7.57. The number of amides is 1. The molecule has 0 fully saturated rings. The molecular weight excluding hydrogens is 445 g/mol. The lowest BCUT2D eigenvalue weighted by Crippen LogP contribution is -2.45. The molecule has 0 saturated carbocycles.